The summed E-state index contributed by atoms with van der Waals surface area (Å²) < 4.78 is 10.7. The number of rotatable bonds is 4. The summed E-state index contributed by atoms with van der Waals surface area (Å²) in [5.74, 6) is 0.743. The van der Waals surface area contributed by atoms with Gasteiger partial charge in [0.05, 0.1) is 26.4 Å². The van der Waals surface area contributed by atoms with Crippen LogP contribution in [0, 0.1) is 0 Å². The van der Waals surface area contributed by atoms with Crippen LogP contribution in [0.15, 0.2) is 24.3 Å². The molecule has 1 saturated heterocycles. The Hall–Kier alpha value is -1.59. The lowest BCUT2D eigenvalue weighted by Gasteiger charge is -2.37. The summed E-state index contributed by atoms with van der Waals surface area (Å²) in [4.78, 5) is 16.6. The molecule has 1 aliphatic rings. The molecule has 0 bridgehead atoms. The zero-order valence-electron chi connectivity index (χ0n) is 12.3. The predicted molar refractivity (Wildman–Crippen MR) is 77.2 cm³/mol. The molecule has 110 valence electrons. The van der Waals surface area contributed by atoms with Gasteiger partial charge < -0.3 is 19.3 Å². The van der Waals surface area contributed by atoms with Gasteiger partial charge in [0.15, 0.2) is 0 Å². The first-order valence-corrected chi connectivity index (χ1v) is 6.79. The van der Waals surface area contributed by atoms with Gasteiger partial charge in [-0.25, -0.2) is 0 Å². The van der Waals surface area contributed by atoms with Crippen LogP contribution >= 0.6 is 0 Å². The van der Waals surface area contributed by atoms with Gasteiger partial charge in [0.25, 0.3) is 5.91 Å². The molecule has 1 aromatic carbocycles. The molecule has 1 fully saturated rings. The van der Waals surface area contributed by atoms with Crippen LogP contribution in [0.25, 0.3) is 0 Å². The van der Waals surface area contributed by atoms with Gasteiger partial charge in [-0.3, -0.25) is 4.79 Å². The van der Waals surface area contributed by atoms with Gasteiger partial charge in [-0.05, 0) is 32.3 Å². The van der Waals surface area contributed by atoms with E-state index in [1.807, 2.05) is 37.2 Å². The minimum Gasteiger partial charge on any atom is -0.497 e. The van der Waals surface area contributed by atoms with Gasteiger partial charge in [-0.2, -0.15) is 0 Å². The largest absolute Gasteiger partial charge is 0.497 e. The second-order valence-corrected chi connectivity index (χ2v) is 5.22. The Bertz CT molecular complexity index is 462. The van der Waals surface area contributed by atoms with Crippen molar-refractivity contribution in [2.45, 2.75) is 6.04 Å². The molecule has 5 heteroatoms. The molecule has 5 nitrogen and oxygen atoms in total. The molecular weight excluding hydrogens is 256 g/mol. The Kier molecular flexibility index (Phi) is 4.98. The molecular formula is C15H22N2O3. The van der Waals surface area contributed by atoms with E-state index in [2.05, 4.69) is 4.90 Å². The fraction of sp³-hybridized carbons (Fsp3) is 0.533. The number of carbonyl (C=O) groups is 1. The lowest BCUT2D eigenvalue weighted by molar-refractivity contribution is -0.00831. The van der Waals surface area contributed by atoms with Gasteiger partial charge in [-0.15, -0.1) is 0 Å². The fourth-order valence-electron chi connectivity index (χ4n) is 2.42. The Morgan fingerprint density at radius 1 is 1.50 bits per heavy atom. The minimum atomic E-state index is 0.0408. The average Bonchev–Trinajstić information content (AvgIpc) is 2.46. The highest BCUT2D eigenvalue weighted by molar-refractivity contribution is 5.94. The van der Waals surface area contributed by atoms with E-state index in [1.165, 1.54) is 0 Å². The number of morpholine rings is 1. The highest BCUT2D eigenvalue weighted by atomic mass is 16.5. The van der Waals surface area contributed by atoms with E-state index in [9.17, 15) is 4.79 Å². The van der Waals surface area contributed by atoms with E-state index >= 15 is 0 Å². The molecule has 1 atom stereocenters. The summed E-state index contributed by atoms with van der Waals surface area (Å²) >= 11 is 0. The fourth-order valence-corrected chi connectivity index (χ4v) is 2.42. The highest BCUT2D eigenvalue weighted by Crippen LogP contribution is 2.17. The third kappa shape index (κ3) is 3.49. The second-order valence-electron chi connectivity index (χ2n) is 5.22. The third-order valence-electron chi connectivity index (χ3n) is 3.38. The Morgan fingerprint density at radius 3 is 3.00 bits per heavy atom. The molecule has 1 amide bonds. The Labute approximate surface area is 120 Å². The summed E-state index contributed by atoms with van der Waals surface area (Å²) in [6.45, 7) is 2.62. The molecule has 0 saturated carbocycles. The molecule has 0 radical (unpaired) electrons. The minimum absolute atomic E-state index is 0.0408. The van der Waals surface area contributed by atoms with E-state index < -0.39 is 0 Å². The van der Waals surface area contributed by atoms with Gasteiger partial charge in [0.1, 0.15) is 5.75 Å². The van der Waals surface area contributed by atoms with E-state index in [0.717, 1.165) is 6.54 Å². The van der Waals surface area contributed by atoms with E-state index in [1.54, 1.807) is 13.2 Å². The molecule has 1 heterocycles. The third-order valence-corrected chi connectivity index (χ3v) is 3.38. The maximum absolute atomic E-state index is 12.7. The zero-order chi connectivity index (χ0) is 14.5. The number of carbonyl (C=O) groups excluding carboxylic acids is 1. The molecule has 20 heavy (non-hydrogen) atoms. The predicted octanol–water partition coefficient (Wildman–Crippen LogP) is 1.10. The number of nitrogens with zero attached hydrogens (tertiary/aromatic N) is 2. The molecule has 0 spiro atoms. The van der Waals surface area contributed by atoms with Crippen LogP contribution in [-0.4, -0.2) is 69.3 Å². The summed E-state index contributed by atoms with van der Waals surface area (Å²) in [7, 11) is 5.61. The average molecular weight is 278 g/mol. The standard InChI is InChI=1S/C15H22N2O3/c1-16(2)10-13-11-20-8-7-17(13)15(18)12-5-4-6-14(9-12)19-3/h4-6,9,13H,7-8,10-11H2,1-3H3. The van der Waals surface area contributed by atoms with Crippen LogP contribution in [-0.2, 0) is 4.74 Å². The SMILES string of the molecule is COc1cccc(C(=O)N2CCOCC2CN(C)C)c1. The van der Waals surface area contributed by atoms with Gasteiger partial charge in [-0.1, -0.05) is 6.07 Å². The van der Waals surface area contributed by atoms with Crippen molar-refractivity contribution < 1.29 is 14.3 Å². The van der Waals surface area contributed by atoms with Crippen LogP contribution in [0.2, 0.25) is 0 Å². The monoisotopic (exact) mass is 278 g/mol. The maximum atomic E-state index is 12.7. The van der Waals surface area contributed by atoms with Gasteiger partial charge >= 0.3 is 0 Å². The van der Waals surface area contributed by atoms with Crippen molar-refractivity contribution in [2.24, 2.45) is 0 Å². The maximum Gasteiger partial charge on any atom is 0.254 e. The van der Waals surface area contributed by atoms with Crippen molar-refractivity contribution in [1.29, 1.82) is 0 Å². The van der Waals surface area contributed by atoms with E-state index in [4.69, 9.17) is 9.47 Å². The van der Waals surface area contributed by atoms with Crippen LogP contribution in [0.3, 0.4) is 0 Å². The number of benzene rings is 1. The molecule has 2 rings (SSSR count). The van der Waals surface area contributed by atoms with Crippen LogP contribution < -0.4 is 4.74 Å². The van der Waals surface area contributed by atoms with Crippen molar-refractivity contribution in [1.82, 2.24) is 9.80 Å². The zero-order valence-corrected chi connectivity index (χ0v) is 12.3. The second kappa shape index (κ2) is 6.72. The summed E-state index contributed by atoms with van der Waals surface area (Å²) in [6, 6.07) is 7.38. The number of ether oxygens (including phenoxy) is 2. The molecule has 0 aromatic heterocycles. The van der Waals surface area contributed by atoms with Crippen molar-refractivity contribution in [3.05, 3.63) is 29.8 Å². The molecule has 1 aromatic rings. The van der Waals surface area contributed by atoms with Crippen LogP contribution in [0.4, 0.5) is 0 Å². The first-order valence-electron chi connectivity index (χ1n) is 6.79. The molecule has 1 aliphatic heterocycles. The topological polar surface area (TPSA) is 42.0 Å². The normalized spacial score (nSPS) is 19.2. The van der Waals surface area contributed by atoms with Crippen molar-refractivity contribution in [3.63, 3.8) is 0 Å². The van der Waals surface area contributed by atoms with Crippen LogP contribution in [0.5, 0.6) is 5.75 Å². The molecule has 1 unspecified atom stereocenters. The molecule has 0 N–H and O–H groups in total. The van der Waals surface area contributed by atoms with Gasteiger partial charge in [0, 0.05) is 18.7 Å². The highest BCUT2D eigenvalue weighted by Gasteiger charge is 2.28. The quantitative estimate of drug-likeness (QED) is 0.827. The number of likely N-dealkylation sites (N-methyl/N-ethyl adjacent to an activating group) is 1. The Balaban J connectivity index is 2.16. The summed E-state index contributed by atoms with van der Waals surface area (Å²) in [5.41, 5.74) is 0.662. The first kappa shape index (κ1) is 14.8. The number of hydrogen-bond donors (Lipinski definition) is 0. The summed E-state index contributed by atoms with van der Waals surface area (Å²) in [6.07, 6.45) is 0. The lowest BCUT2D eigenvalue weighted by Crippen LogP contribution is -2.52. The van der Waals surface area contributed by atoms with Crippen molar-refractivity contribution in [3.8, 4) is 5.75 Å². The smallest absolute Gasteiger partial charge is 0.254 e. The number of methoxy groups -OCH3 is 1. The summed E-state index contributed by atoms with van der Waals surface area (Å²) in [5, 5.41) is 0. The van der Waals surface area contributed by atoms with Crippen molar-refractivity contribution >= 4 is 5.91 Å². The number of amides is 1. The number of hydrogen-bond acceptors (Lipinski definition) is 4. The van der Waals surface area contributed by atoms with Crippen molar-refractivity contribution in [2.75, 3.05) is 47.5 Å². The lowest BCUT2D eigenvalue weighted by atomic mass is 10.1. The van der Waals surface area contributed by atoms with E-state index in [-0.39, 0.29) is 11.9 Å². The van der Waals surface area contributed by atoms with E-state index in [0.29, 0.717) is 31.1 Å². The van der Waals surface area contributed by atoms with Gasteiger partial charge in [0.2, 0.25) is 0 Å². The molecule has 0 aliphatic carbocycles. The van der Waals surface area contributed by atoms with Crippen LogP contribution in [0.1, 0.15) is 10.4 Å². The Morgan fingerprint density at radius 2 is 2.30 bits per heavy atom. The first-order chi connectivity index (χ1) is 9.61.